The molecule has 1 rings (SSSR count). The molecule has 0 aliphatic heterocycles. The molecule has 0 saturated carbocycles. The maximum atomic E-state index is 12.9. The van der Waals surface area contributed by atoms with E-state index < -0.39 is 6.17 Å². The summed E-state index contributed by atoms with van der Waals surface area (Å²) in [5, 5.41) is 0.999. The van der Waals surface area contributed by atoms with E-state index in [0.717, 1.165) is 5.56 Å². The third-order valence-electron chi connectivity index (χ3n) is 1.57. The lowest BCUT2D eigenvalue weighted by molar-refractivity contribution is 0.368. The van der Waals surface area contributed by atoms with Crippen molar-refractivity contribution in [2.75, 3.05) is 5.33 Å². The molecular formula is C9H9BrClF. The second-order valence-electron chi connectivity index (χ2n) is 2.55. The molecule has 0 nitrogen and oxygen atoms in total. The second kappa shape index (κ2) is 4.83. The summed E-state index contributed by atoms with van der Waals surface area (Å²) in [6, 6.07) is 7.32. The van der Waals surface area contributed by atoms with Crippen molar-refractivity contribution in [3.63, 3.8) is 0 Å². The van der Waals surface area contributed by atoms with Gasteiger partial charge in [0, 0.05) is 16.8 Å². The third-order valence-corrected chi connectivity index (χ3v) is 2.64. The van der Waals surface area contributed by atoms with Crippen molar-refractivity contribution in [2.45, 2.75) is 12.6 Å². The Labute approximate surface area is 84.9 Å². The van der Waals surface area contributed by atoms with Crippen LogP contribution in [0.3, 0.4) is 0 Å². The average molecular weight is 252 g/mol. The maximum absolute atomic E-state index is 12.9. The fraction of sp³-hybridized carbons (Fsp3) is 0.333. The zero-order valence-corrected chi connectivity index (χ0v) is 8.78. The van der Waals surface area contributed by atoms with Crippen molar-refractivity contribution in [1.82, 2.24) is 0 Å². The van der Waals surface area contributed by atoms with Crippen molar-refractivity contribution < 1.29 is 4.39 Å². The van der Waals surface area contributed by atoms with Crippen molar-refractivity contribution in [3.05, 3.63) is 34.9 Å². The van der Waals surface area contributed by atoms with Gasteiger partial charge >= 0.3 is 0 Å². The largest absolute Gasteiger partial charge is 0.246 e. The van der Waals surface area contributed by atoms with Crippen LogP contribution in [0.15, 0.2) is 24.3 Å². The Kier molecular flexibility index (Phi) is 4.02. The highest BCUT2D eigenvalue weighted by molar-refractivity contribution is 9.09. The summed E-state index contributed by atoms with van der Waals surface area (Å²) < 4.78 is 12.9. The van der Waals surface area contributed by atoms with Gasteiger partial charge in [-0.1, -0.05) is 45.7 Å². The van der Waals surface area contributed by atoms with E-state index in [2.05, 4.69) is 15.9 Å². The number of halogens is 3. The smallest absolute Gasteiger partial charge is 0.114 e. The number of alkyl halides is 2. The van der Waals surface area contributed by atoms with E-state index in [1.807, 2.05) is 18.2 Å². The summed E-state index contributed by atoms with van der Waals surface area (Å²) in [4.78, 5) is 0. The fourth-order valence-electron chi connectivity index (χ4n) is 0.957. The van der Waals surface area contributed by atoms with Crippen LogP contribution >= 0.6 is 27.5 Å². The molecule has 0 fully saturated rings. The van der Waals surface area contributed by atoms with Gasteiger partial charge in [-0.3, -0.25) is 0 Å². The molecule has 0 heterocycles. The minimum Gasteiger partial charge on any atom is -0.246 e. The second-order valence-corrected chi connectivity index (χ2v) is 3.60. The van der Waals surface area contributed by atoms with Crippen molar-refractivity contribution >= 4 is 27.5 Å². The first-order valence-corrected chi connectivity index (χ1v) is 5.17. The van der Waals surface area contributed by atoms with Crippen LogP contribution in [0, 0.1) is 0 Å². The molecule has 1 aromatic rings. The molecule has 0 radical (unpaired) electrons. The van der Waals surface area contributed by atoms with E-state index in [1.165, 1.54) is 0 Å². The van der Waals surface area contributed by atoms with Crippen LogP contribution in [-0.4, -0.2) is 11.5 Å². The predicted molar refractivity (Wildman–Crippen MR) is 53.8 cm³/mol. The van der Waals surface area contributed by atoms with Crippen molar-refractivity contribution in [3.8, 4) is 0 Å². The number of hydrogen-bond donors (Lipinski definition) is 0. The van der Waals surface area contributed by atoms with Crippen LogP contribution in [-0.2, 0) is 6.42 Å². The van der Waals surface area contributed by atoms with Gasteiger partial charge in [0.05, 0.1) is 0 Å². The lowest BCUT2D eigenvalue weighted by Crippen LogP contribution is -2.05. The molecule has 1 atom stereocenters. The summed E-state index contributed by atoms with van der Waals surface area (Å²) in [6.07, 6.45) is -0.477. The quantitative estimate of drug-likeness (QED) is 0.720. The van der Waals surface area contributed by atoms with Gasteiger partial charge in [-0.25, -0.2) is 4.39 Å². The molecule has 0 aromatic heterocycles. The molecule has 0 bridgehead atoms. The Bertz CT molecular complexity index is 252. The molecular weight excluding hydrogens is 242 g/mol. The molecule has 0 spiro atoms. The van der Waals surface area contributed by atoms with E-state index in [0.29, 0.717) is 16.8 Å². The first-order chi connectivity index (χ1) is 5.74. The maximum Gasteiger partial charge on any atom is 0.114 e. The average Bonchev–Trinajstić information content (AvgIpc) is 2.09. The topological polar surface area (TPSA) is 0 Å². The minimum absolute atomic E-state index is 0.359. The minimum atomic E-state index is -0.857. The first-order valence-electron chi connectivity index (χ1n) is 3.67. The van der Waals surface area contributed by atoms with Gasteiger partial charge in [-0.2, -0.15) is 0 Å². The van der Waals surface area contributed by atoms with Crippen LogP contribution in [0.25, 0.3) is 0 Å². The highest BCUT2D eigenvalue weighted by Gasteiger charge is 2.07. The van der Waals surface area contributed by atoms with Gasteiger partial charge < -0.3 is 0 Å². The van der Waals surface area contributed by atoms with E-state index >= 15 is 0 Å². The summed E-state index contributed by atoms with van der Waals surface area (Å²) in [7, 11) is 0. The number of hydrogen-bond acceptors (Lipinski definition) is 0. The lowest BCUT2D eigenvalue weighted by atomic mass is 10.1. The van der Waals surface area contributed by atoms with Crippen LogP contribution in [0.4, 0.5) is 4.39 Å². The third kappa shape index (κ3) is 2.76. The number of rotatable bonds is 3. The first kappa shape index (κ1) is 10.0. The molecule has 0 unspecified atom stereocenters. The van der Waals surface area contributed by atoms with Crippen molar-refractivity contribution in [2.24, 2.45) is 0 Å². The molecule has 0 amide bonds. The Morgan fingerprint density at radius 2 is 2.08 bits per heavy atom. The molecule has 0 aliphatic rings. The Hall–Kier alpha value is -0.0800. The normalized spacial score (nSPS) is 12.9. The zero-order chi connectivity index (χ0) is 8.97. The molecule has 3 heteroatoms. The Balaban J connectivity index is 2.69. The summed E-state index contributed by atoms with van der Waals surface area (Å²) >= 11 is 8.92. The van der Waals surface area contributed by atoms with Gasteiger partial charge in [0.15, 0.2) is 0 Å². The fourth-order valence-corrected chi connectivity index (χ4v) is 1.40. The molecule has 12 heavy (non-hydrogen) atoms. The number of benzene rings is 1. The molecule has 0 aliphatic carbocycles. The summed E-state index contributed by atoms with van der Waals surface area (Å²) in [5.41, 5.74) is 0.867. The summed E-state index contributed by atoms with van der Waals surface area (Å²) in [6.45, 7) is 0. The van der Waals surface area contributed by atoms with Gasteiger partial charge in [-0.05, 0) is 11.6 Å². The lowest BCUT2D eigenvalue weighted by Gasteiger charge is -2.05. The Morgan fingerprint density at radius 3 is 2.67 bits per heavy atom. The van der Waals surface area contributed by atoms with Crippen LogP contribution in [0.1, 0.15) is 5.56 Å². The van der Waals surface area contributed by atoms with Crippen LogP contribution < -0.4 is 0 Å². The molecule has 1 aromatic carbocycles. The standard InChI is InChI=1S/C9H9BrClF/c10-6-8(12)5-7-3-1-2-4-9(7)11/h1-4,8H,5-6H2/t8-/m1/s1. The highest BCUT2D eigenvalue weighted by Crippen LogP contribution is 2.18. The van der Waals surface area contributed by atoms with Crippen LogP contribution in [0.5, 0.6) is 0 Å². The SMILES string of the molecule is F[C@@H](CBr)Cc1ccccc1Cl. The molecule has 0 N–H and O–H groups in total. The molecule has 66 valence electrons. The van der Waals surface area contributed by atoms with Crippen LogP contribution in [0.2, 0.25) is 5.02 Å². The van der Waals surface area contributed by atoms with Gasteiger partial charge in [0.1, 0.15) is 6.17 Å². The highest BCUT2D eigenvalue weighted by atomic mass is 79.9. The van der Waals surface area contributed by atoms with Gasteiger partial charge in [-0.15, -0.1) is 0 Å². The molecule has 0 saturated heterocycles. The van der Waals surface area contributed by atoms with Crippen molar-refractivity contribution in [1.29, 1.82) is 0 Å². The zero-order valence-electron chi connectivity index (χ0n) is 6.43. The monoisotopic (exact) mass is 250 g/mol. The summed E-state index contributed by atoms with van der Waals surface area (Å²) in [5.74, 6) is 0. The van der Waals surface area contributed by atoms with E-state index in [1.54, 1.807) is 6.07 Å². The van der Waals surface area contributed by atoms with E-state index in [-0.39, 0.29) is 0 Å². The van der Waals surface area contributed by atoms with E-state index in [4.69, 9.17) is 11.6 Å². The van der Waals surface area contributed by atoms with E-state index in [9.17, 15) is 4.39 Å². The Morgan fingerprint density at radius 1 is 1.42 bits per heavy atom. The van der Waals surface area contributed by atoms with Gasteiger partial charge in [0.25, 0.3) is 0 Å². The predicted octanol–water partition coefficient (Wildman–Crippen LogP) is 3.62. The van der Waals surface area contributed by atoms with Gasteiger partial charge in [0.2, 0.25) is 0 Å².